The predicted octanol–water partition coefficient (Wildman–Crippen LogP) is 2.07. The monoisotopic (exact) mass is 261 g/mol. The number of nitrogens with zero attached hydrogens (tertiary/aromatic N) is 1. The molecule has 100 valence electrons. The SMILES string of the molecule is Cc1c(F)cc(C#N)cc1NC(=O)C1CCCC1N. The van der Waals surface area contributed by atoms with E-state index in [0.29, 0.717) is 11.3 Å². The summed E-state index contributed by atoms with van der Waals surface area (Å²) in [5.74, 6) is -0.916. The van der Waals surface area contributed by atoms with Gasteiger partial charge in [-0.05, 0) is 31.9 Å². The molecule has 0 radical (unpaired) electrons. The summed E-state index contributed by atoms with van der Waals surface area (Å²) in [6.07, 6.45) is 2.53. The average Bonchev–Trinajstić information content (AvgIpc) is 2.80. The number of carbonyl (C=O) groups is 1. The maximum absolute atomic E-state index is 13.6. The molecule has 0 aromatic heterocycles. The molecule has 1 saturated carbocycles. The van der Waals surface area contributed by atoms with E-state index in [1.807, 2.05) is 6.07 Å². The molecule has 2 unspecified atom stereocenters. The van der Waals surface area contributed by atoms with Gasteiger partial charge in [0.1, 0.15) is 5.82 Å². The number of amides is 1. The first-order valence-corrected chi connectivity index (χ1v) is 6.29. The van der Waals surface area contributed by atoms with Crippen molar-refractivity contribution in [2.24, 2.45) is 11.7 Å². The third-order valence-electron chi connectivity index (χ3n) is 3.64. The molecule has 0 bridgehead atoms. The van der Waals surface area contributed by atoms with Crippen LogP contribution in [0.2, 0.25) is 0 Å². The lowest BCUT2D eigenvalue weighted by molar-refractivity contribution is -0.120. The van der Waals surface area contributed by atoms with Gasteiger partial charge in [0.2, 0.25) is 5.91 Å². The van der Waals surface area contributed by atoms with Crippen LogP contribution < -0.4 is 11.1 Å². The lowest BCUT2D eigenvalue weighted by atomic mass is 10.0. The fourth-order valence-electron chi connectivity index (χ4n) is 2.41. The van der Waals surface area contributed by atoms with Gasteiger partial charge < -0.3 is 11.1 Å². The summed E-state index contributed by atoms with van der Waals surface area (Å²) in [6.45, 7) is 1.57. The van der Waals surface area contributed by atoms with Gasteiger partial charge in [-0.1, -0.05) is 6.42 Å². The smallest absolute Gasteiger partial charge is 0.229 e. The Balaban J connectivity index is 2.21. The summed E-state index contributed by atoms with van der Waals surface area (Å²) in [7, 11) is 0. The van der Waals surface area contributed by atoms with Gasteiger partial charge in [-0.3, -0.25) is 4.79 Å². The first-order valence-electron chi connectivity index (χ1n) is 6.29. The zero-order chi connectivity index (χ0) is 14.0. The van der Waals surface area contributed by atoms with Gasteiger partial charge in [0.05, 0.1) is 17.6 Å². The number of rotatable bonds is 2. The Hall–Kier alpha value is -1.93. The van der Waals surface area contributed by atoms with E-state index in [1.165, 1.54) is 6.07 Å². The normalized spacial score (nSPS) is 22.0. The number of anilines is 1. The summed E-state index contributed by atoms with van der Waals surface area (Å²) in [4.78, 5) is 12.1. The van der Waals surface area contributed by atoms with Gasteiger partial charge in [0.25, 0.3) is 0 Å². The summed E-state index contributed by atoms with van der Waals surface area (Å²) in [6, 6.07) is 4.38. The molecular weight excluding hydrogens is 245 g/mol. The van der Waals surface area contributed by atoms with E-state index < -0.39 is 5.82 Å². The summed E-state index contributed by atoms with van der Waals surface area (Å²) < 4.78 is 13.6. The Bertz CT molecular complexity index is 550. The summed E-state index contributed by atoms with van der Waals surface area (Å²) in [5, 5.41) is 11.5. The Morgan fingerprint density at radius 1 is 1.53 bits per heavy atom. The van der Waals surface area contributed by atoms with Crippen LogP contribution in [0.15, 0.2) is 12.1 Å². The van der Waals surface area contributed by atoms with Gasteiger partial charge in [0, 0.05) is 17.3 Å². The van der Waals surface area contributed by atoms with E-state index in [-0.39, 0.29) is 23.4 Å². The van der Waals surface area contributed by atoms with Gasteiger partial charge in [-0.25, -0.2) is 4.39 Å². The average molecular weight is 261 g/mol. The van der Waals surface area contributed by atoms with Crippen LogP contribution in [0.4, 0.5) is 10.1 Å². The Morgan fingerprint density at radius 3 is 2.84 bits per heavy atom. The molecule has 19 heavy (non-hydrogen) atoms. The van der Waals surface area contributed by atoms with Crippen LogP contribution in [-0.2, 0) is 4.79 Å². The van der Waals surface area contributed by atoms with Crippen LogP contribution in [0.1, 0.15) is 30.4 Å². The minimum atomic E-state index is -0.495. The third kappa shape index (κ3) is 2.74. The molecule has 0 heterocycles. The van der Waals surface area contributed by atoms with Crippen molar-refractivity contribution >= 4 is 11.6 Å². The van der Waals surface area contributed by atoms with Crippen LogP contribution >= 0.6 is 0 Å². The zero-order valence-corrected chi connectivity index (χ0v) is 10.7. The number of halogens is 1. The number of nitrogens with two attached hydrogens (primary N) is 1. The van der Waals surface area contributed by atoms with E-state index in [1.54, 1.807) is 6.92 Å². The lowest BCUT2D eigenvalue weighted by Gasteiger charge is -2.16. The number of nitriles is 1. The summed E-state index contributed by atoms with van der Waals surface area (Å²) in [5.41, 5.74) is 6.74. The van der Waals surface area contributed by atoms with Crippen molar-refractivity contribution in [2.45, 2.75) is 32.2 Å². The van der Waals surface area contributed by atoms with Crippen LogP contribution in [0, 0.1) is 30.0 Å². The third-order valence-corrected chi connectivity index (χ3v) is 3.64. The van der Waals surface area contributed by atoms with Crippen molar-refractivity contribution in [3.05, 3.63) is 29.1 Å². The van der Waals surface area contributed by atoms with Crippen LogP contribution in [0.3, 0.4) is 0 Å². The molecule has 2 rings (SSSR count). The topological polar surface area (TPSA) is 78.9 Å². The zero-order valence-electron chi connectivity index (χ0n) is 10.7. The van der Waals surface area contributed by atoms with Gasteiger partial charge in [-0.2, -0.15) is 5.26 Å². The number of benzene rings is 1. The molecule has 3 N–H and O–H groups in total. The maximum Gasteiger partial charge on any atom is 0.229 e. The van der Waals surface area contributed by atoms with E-state index in [2.05, 4.69) is 5.32 Å². The van der Waals surface area contributed by atoms with Crippen molar-refractivity contribution in [3.8, 4) is 6.07 Å². The van der Waals surface area contributed by atoms with E-state index in [4.69, 9.17) is 11.0 Å². The molecule has 0 saturated heterocycles. The highest BCUT2D eigenvalue weighted by atomic mass is 19.1. The second-order valence-corrected chi connectivity index (χ2v) is 4.93. The molecular formula is C14H16FN3O. The molecule has 0 spiro atoms. The number of hydrogen-bond donors (Lipinski definition) is 2. The number of hydrogen-bond acceptors (Lipinski definition) is 3. The number of carbonyl (C=O) groups excluding carboxylic acids is 1. The van der Waals surface area contributed by atoms with Gasteiger partial charge in [-0.15, -0.1) is 0 Å². The molecule has 1 aromatic carbocycles. The minimum absolute atomic E-state index is 0.135. The van der Waals surface area contributed by atoms with E-state index >= 15 is 0 Å². The molecule has 1 amide bonds. The minimum Gasteiger partial charge on any atom is -0.327 e. The molecule has 0 aliphatic heterocycles. The fraction of sp³-hybridized carbons (Fsp3) is 0.429. The Kier molecular flexibility index (Phi) is 3.82. The van der Waals surface area contributed by atoms with Crippen molar-refractivity contribution in [1.82, 2.24) is 0 Å². The Morgan fingerprint density at radius 2 is 2.26 bits per heavy atom. The van der Waals surface area contributed by atoms with Crippen LogP contribution in [0.25, 0.3) is 0 Å². The Labute approximate surface area is 111 Å². The van der Waals surface area contributed by atoms with Crippen LogP contribution in [-0.4, -0.2) is 11.9 Å². The van der Waals surface area contributed by atoms with E-state index in [9.17, 15) is 9.18 Å². The molecule has 5 heteroatoms. The van der Waals surface area contributed by atoms with Gasteiger partial charge in [0.15, 0.2) is 0 Å². The standard InChI is InChI=1S/C14H16FN3O/c1-8-11(15)5-9(7-16)6-13(8)18-14(19)10-3-2-4-12(10)17/h5-6,10,12H,2-4,17H2,1H3,(H,18,19). The van der Waals surface area contributed by atoms with Crippen molar-refractivity contribution < 1.29 is 9.18 Å². The molecule has 2 atom stereocenters. The second kappa shape index (κ2) is 5.37. The van der Waals surface area contributed by atoms with Crippen molar-refractivity contribution in [2.75, 3.05) is 5.32 Å². The number of nitrogens with one attached hydrogen (secondary N) is 1. The molecule has 1 aliphatic carbocycles. The molecule has 1 aromatic rings. The highest BCUT2D eigenvalue weighted by Crippen LogP contribution is 2.27. The highest BCUT2D eigenvalue weighted by molar-refractivity contribution is 5.94. The van der Waals surface area contributed by atoms with Crippen molar-refractivity contribution in [1.29, 1.82) is 5.26 Å². The largest absolute Gasteiger partial charge is 0.327 e. The molecule has 1 aliphatic rings. The predicted molar refractivity (Wildman–Crippen MR) is 69.8 cm³/mol. The quantitative estimate of drug-likeness (QED) is 0.855. The van der Waals surface area contributed by atoms with Crippen LogP contribution in [0.5, 0.6) is 0 Å². The first kappa shape index (κ1) is 13.5. The van der Waals surface area contributed by atoms with E-state index in [0.717, 1.165) is 25.3 Å². The van der Waals surface area contributed by atoms with Crippen molar-refractivity contribution in [3.63, 3.8) is 0 Å². The molecule has 4 nitrogen and oxygen atoms in total. The lowest BCUT2D eigenvalue weighted by Crippen LogP contribution is -2.34. The highest BCUT2D eigenvalue weighted by Gasteiger charge is 2.30. The molecule has 1 fully saturated rings. The van der Waals surface area contributed by atoms with Gasteiger partial charge >= 0.3 is 0 Å². The maximum atomic E-state index is 13.6. The fourth-order valence-corrected chi connectivity index (χ4v) is 2.41. The summed E-state index contributed by atoms with van der Waals surface area (Å²) >= 11 is 0. The second-order valence-electron chi connectivity index (χ2n) is 4.93. The first-order chi connectivity index (χ1) is 9.02.